The average Bonchev–Trinajstić information content (AvgIpc) is 2.23. The minimum atomic E-state index is -0.00204. The van der Waals surface area contributed by atoms with Gasteiger partial charge in [0.25, 0.3) is 5.56 Å². The molecule has 0 atom stereocenters. The van der Waals surface area contributed by atoms with Crippen LogP contribution in [-0.2, 0) is 12.4 Å². The lowest BCUT2D eigenvalue weighted by atomic mass is 10.2. The van der Waals surface area contributed by atoms with Gasteiger partial charge in [0.2, 0.25) is 0 Å². The molecule has 3 nitrogen and oxygen atoms in total. The van der Waals surface area contributed by atoms with E-state index in [1.165, 1.54) is 4.57 Å². The quantitative estimate of drug-likeness (QED) is 0.726. The Morgan fingerprint density at radius 2 is 2.29 bits per heavy atom. The van der Waals surface area contributed by atoms with Gasteiger partial charge in [0.15, 0.2) is 0 Å². The summed E-state index contributed by atoms with van der Waals surface area (Å²) in [6, 6.07) is 5.70. The van der Waals surface area contributed by atoms with Gasteiger partial charge in [-0.2, -0.15) is 0 Å². The molecule has 0 spiro atoms. The maximum atomic E-state index is 11.7. The molecule has 0 amide bonds. The van der Waals surface area contributed by atoms with Crippen LogP contribution in [0.1, 0.15) is 5.56 Å². The first-order chi connectivity index (χ1) is 6.72. The molecular formula is C10H9BrN2O. The van der Waals surface area contributed by atoms with E-state index >= 15 is 0 Å². The van der Waals surface area contributed by atoms with Crippen molar-refractivity contribution in [3.8, 4) is 0 Å². The molecule has 0 aliphatic heterocycles. The van der Waals surface area contributed by atoms with Crippen molar-refractivity contribution in [3.63, 3.8) is 0 Å². The van der Waals surface area contributed by atoms with Crippen molar-refractivity contribution in [1.29, 1.82) is 0 Å². The largest absolute Gasteiger partial charge is 0.302 e. The summed E-state index contributed by atoms with van der Waals surface area (Å²) in [5.41, 5.74) is 1.83. The number of halogens is 1. The normalized spacial score (nSPS) is 10.7. The fourth-order valence-electron chi connectivity index (χ4n) is 1.34. The monoisotopic (exact) mass is 252 g/mol. The molecule has 0 saturated carbocycles. The molecule has 2 aromatic rings. The molecule has 0 fully saturated rings. The van der Waals surface area contributed by atoms with Crippen LogP contribution >= 0.6 is 15.9 Å². The van der Waals surface area contributed by atoms with Crippen molar-refractivity contribution in [2.24, 2.45) is 7.05 Å². The predicted octanol–water partition coefficient (Wildman–Crippen LogP) is 1.83. The number of fused-ring (bicyclic) bond motifs is 1. The van der Waals surface area contributed by atoms with E-state index < -0.39 is 0 Å². The summed E-state index contributed by atoms with van der Waals surface area (Å²) in [7, 11) is 1.70. The highest BCUT2D eigenvalue weighted by Gasteiger charge is 2.01. The minimum absolute atomic E-state index is 0.00204. The first kappa shape index (κ1) is 9.40. The third-order valence-electron chi connectivity index (χ3n) is 2.14. The van der Waals surface area contributed by atoms with Crippen LogP contribution in [0.3, 0.4) is 0 Å². The minimum Gasteiger partial charge on any atom is -0.302 e. The van der Waals surface area contributed by atoms with Crippen LogP contribution in [0.15, 0.2) is 29.3 Å². The van der Waals surface area contributed by atoms with Crippen LogP contribution < -0.4 is 5.56 Å². The van der Waals surface area contributed by atoms with Crippen LogP contribution in [-0.4, -0.2) is 9.55 Å². The van der Waals surface area contributed by atoms with Gasteiger partial charge in [-0.3, -0.25) is 4.79 Å². The van der Waals surface area contributed by atoms with Crippen LogP contribution in [0.25, 0.3) is 10.9 Å². The molecule has 14 heavy (non-hydrogen) atoms. The summed E-state index contributed by atoms with van der Waals surface area (Å²) in [5, 5.41) is 1.42. The van der Waals surface area contributed by atoms with Crippen molar-refractivity contribution in [2.45, 2.75) is 5.33 Å². The van der Waals surface area contributed by atoms with Gasteiger partial charge in [-0.05, 0) is 17.7 Å². The standard InChI is InChI=1S/C10H9BrN2O/c1-13-6-12-9-3-2-7(5-11)4-8(9)10(13)14/h2-4,6H,5H2,1H3. The van der Waals surface area contributed by atoms with E-state index in [1.807, 2.05) is 18.2 Å². The van der Waals surface area contributed by atoms with Crippen molar-refractivity contribution in [2.75, 3.05) is 0 Å². The zero-order chi connectivity index (χ0) is 10.1. The van der Waals surface area contributed by atoms with E-state index in [1.54, 1.807) is 13.4 Å². The lowest BCUT2D eigenvalue weighted by molar-refractivity contribution is 0.842. The van der Waals surface area contributed by atoms with Crippen LogP contribution in [0.2, 0.25) is 0 Å². The van der Waals surface area contributed by atoms with Gasteiger partial charge in [0.1, 0.15) is 0 Å². The second-order valence-corrected chi connectivity index (χ2v) is 3.71. The van der Waals surface area contributed by atoms with Gasteiger partial charge in [-0.25, -0.2) is 4.98 Å². The summed E-state index contributed by atoms with van der Waals surface area (Å²) in [5.74, 6) is 0. The molecule has 1 aromatic carbocycles. The smallest absolute Gasteiger partial charge is 0.260 e. The molecule has 0 N–H and O–H groups in total. The molecule has 0 saturated heterocycles. The number of rotatable bonds is 1. The van der Waals surface area contributed by atoms with Crippen LogP contribution in [0, 0.1) is 0 Å². The number of hydrogen-bond acceptors (Lipinski definition) is 2. The SMILES string of the molecule is Cn1cnc2ccc(CBr)cc2c1=O. The molecule has 72 valence electrons. The summed E-state index contributed by atoms with van der Waals surface area (Å²) in [6.07, 6.45) is 1.54. The van der Waals surface area contributed by atoms with E-state index in [0.717, 1.165) is 16.4 Å². The molecular weight excluding hydrogens is 244 g/mol. The van der Waals surface area contributed by atoms with Crippen LogP contribution in [0.5, 0.6) is 0 Å². The molecule has 0 radical (unpaired) electrons. The third-order valence-corrected chi connectivity index (χ3v) is 2.78. The van der Waals surface area contributed by atoms with Crippen molar-refractivity contribution in [3.05, 3.63) is 40.4 Å². The lowest BCUT2D eigenvalue weighted by Gasteiger charge is -2.01. The Balaban J connectivity index is 2.85. The second-order valence-electron chi connectivity index (χ2n) is 3.15. The highest BCUT2D eigenvalue weighted by molar-refractivity contribution is 9.08. The van der Waals surface area contributed by atoms with Crippen LogP contribution in [0.4, 0.5) is 0 Å². The Morgan fingerprint density at radius 1 is 1.50 bits per heavy atom. The van der Waals surface area contributed by atoms with Gasteiger partial charge >= 0.3 is 0 Å². The summed E-state index contributed by atoms with van der Waals surface area (Å²) in [4.78, 5) is 15.9. The van der Waals surface area contributed by atoms with Gasteiger partial charge in [0.05, 0.1) is 17.2 Å². The molecule has 0 bridgehead atoms. The number of alkyl halides is 1. The van der Waals surface area contributed by atoms with E-state index in [4.69, 9.17) is 0 Å². The van der Waals surface area contributed by atoms with E-state index in [-0.39, 0.29) is 5.56 Å². The Kier molecular flexibility index (Phi) is 2.37. The fourth-order valence-corrected chi connectivity index (χ4v) is 1.69. The number of hydrogen-bond donors (Lipinski definition) is 0. The third kappa shape index (κ3) is 1.46. The molecule has 1 aromatic heterocycles. The number of benzene rings is 1. The van der Waals surface area contributed by atoms with Crippen molar-refractivity contribution < 1.29 is 0 Å². The van der Waals surface area contributed by atoms with Crippen molar-refractivity contribution in [1.82, 2.24) is 9.55 Å². The number of nitrogens with zero attached hydrogens (tertiary/aromatic N) is 2. The topological polar surface area (TPSA) is 34.9 Å². The van der Waals surface area contributed by atoms with Gasteiger partial charge in [-0.1, -0.05) is 22.0 Å². The maximum absolute atomic E-state index is 11.7. The Bertz CT molecular complexity index is 533. The first-order valence-electron chi connectivity index (χ1n) is 4.22. The number of aromatic nitrogens is 2. The molecule has 4 heteroatoms. The Morgan fingerprint density at radius 3 is 3.00 bits per heavy atom. The summed E-state index contributed by atoms with van der Waals surface area (Å²) >= 11 is 3.36. The molecule has 0 unspecified atom stereocenters. The molecule has 0 aliphatic carbocycles. The Labute approximate surface area is 89.5 Å². The highest BCUT2D eigenvalue weighted by Crippen LogP contribution is 2.11. The summed E-state index contributed by atoms with van der Waals surface area (Å²) in [6.45, 7) is 0. The average molecular weight is 253 g/mol. The lowest BCUT2D eigenvalue weighted by Crippen LogP contribution is -2.16. The highest BCUT2D eigenvalue weighted by atomic mass is 79.9. The fraction of sp³-hybridized carbons (Fsp3) is 0.200. The van der Waals surface area contributed by atoms with Gasteiger partial charge in [-0.15, -0.1) is 0 Å². The zero-order valence-electron chi connectivity index (χ0n) is 7.70. The molecule has 0 aliphatic rings. The summed E-state index contributed by atoms with van der Waals surface area (Å²) < 4.78 is 1.49. The Hall–Kier alpha value is -1.16. The molecule has 1 heterocycles. The van der Waals surface area contributed by atoms with E-state index in [9.17, 15) is 4.79 Å². The maximum Gasteiger partial charge on any atom is 0.260 e. The first-order valence-corrected chi connectivity index (χ1v) is 5.35. The second kappa shape index (κ2) is 3.53. The van der Waals surface area contributed by atoms with Gasteiger partial charge < -0.3 is 4.57 Å². The van der Waals surface area contributed by atoms with Crippen molar-refractivity contribution >= 4 is 26.8 Å². The van der Waals surface area contributed by atoms with E-state index in [0.29, 0.717) is 5.39 Å². The van der Waals surface area contributed by atoms with Gasteiger partial charge in [0, 0.05) is 12.4 Å². The zero-order valence-corrected chi connectivity index (χ0v) is 9.28. The predicted molar refractivity (Wildman–Crippen MR) is 59.6 cm³/mol. The van der Waals surface area contributed by atoms with E-state index in [2.05, 4.69) is 20.9 Å². The number of aryl methyl sites for hydroxylation is 1. The molecule has 2 rings (SSSR count).